The molecule has 1 saturated heterocycles. The summed E-state index contributed by atoms with van der Waals surface area (Å²) < 4.78 is 12.1. The largest absolute Gasteiger partial charge is 0.490 e. The van der Waals surface area contributed by atoms with Crippen molar-refractivity contribution in [3.05, 3.63) is 11.5 Å². The Morgan fingerprint density at radius 1 is 1.06 bits per heavy atom. The fourth-order valence-corrected chi connectivity index (χ4v) is 1.86. The van der Waals surface area contributed by atoms with Crippen molar-refractivity contribution >= 4 is 7.12 Å². The third-order valence-electron chi connectivity index (χ3n) is 3.56. The van der Waals surface area contributed by atoms with Gasteiger partial charge >= 0.3 is 7.12 Å². The van der Waals surface area contributed by atoms with Crippen LogP contribution < -0.4 is 0 Å². The molecule has 0 N–H and O–H groups in total. The number of rotatable bonds is 4. The molecule has 0 aromatic rings. The molecule has 2 nitrogen and oxygen atoms in total. The Bertz CT molecular complexity index is 253. The number of hydrogen-bond acceptors (Lipinski definition) is 2. The molecule has 0 unspecified atom stereocenters. The van der Waals surface area contributed by atoms with Crippen molar-refractivity contribution in [2.45, 2.75) is 72.0 Å². The zero-order valence-corrected chi connectivity index (χ0v) is 11.6. The first-order valence-corrected chi connectivity index (χ1v) is 6.38. The second kappa shape index (κ2) is 4.93. The number of allylic oxidation sites excluding steroid dienone is 2. The summed E-state index contributed by atoms with van der Waals surface area (Å²) in [7, 11) is -0.148. The first-order chi connectivity index (χ1) is 7.34. The van der Waals surface area contributed by atoms with Crippen molar-refractivity contribution in [3.63, 3.8) is 0 Å². The molecule has 0 aliphatic carbocycles. The maximum atomic E-state index is 6.04. The molecule has 3 heteroatoms. The van der Waals surface area contributed by atoms with Gasteiger partial charge in [-0.25, -0.2) is 0 Å². The van der Waals surface area contributed by atoms with Crippen molar-refractivity contribution in [1.29, 1.82) is 0 Å². The molecule has 1 aliphatic rings. The SMILES string of the molecule is CC/C=C(\CCC)B1OC(C)(C)C(C)(C)O1. The summed E-state index contributed by atoms with van der Waals surface area (Å²) in [6.45, 7) is 12.7. The molecule has 16 heavy (non-hydrogen) atoms. The Kier molecular flexibility index (Phi) is 4.25. The fraction of sp³-hybridized carbons (Fsp3) is 0.846. The smallest absolute Gasteiger partial charge is 0.400 e. The minimum absolute atomic E-state index is 0.148. The van der Waals surface area contributed by atoms with Crippen LogP contribution in [-0.2, 0) is 9.31 Å². The number of hydrogen-bond donors (Lipinski definition) is 0. The van der Waals surface area contributed by atoms with Gasteiger partial charge in [-0.05, 0) is 46.0 Å². The van der Waals surface area contributed by atoms with Gasteiger partial charge in [0.1, 0.15) is 0 Å². The summed E-state index contributed by atoms with van der Waals surface area (Å²) in [6, 6.07) is 0. The van der Waals surface area contributed by atoms with E-state index in [0.717, 1.165) is 19.3 Å². The van der Waals surface area contributed by atoms with E-state index in [1.54, 1.807) is 0 Å². The van der Waals surface area contributed by atoms with Crippen LogP contribution in [0.25, 0.3) is 0 Å². The van der Waals surface area contributed by atoms with E-state index in [1.165, 1.54) is 5.47 Å². The van der Waals surface area contributed by atoms with Gasteiger partial charge < -0.3 is 9.31 Å². The third kappa shape index (κ3) is 2.69. The fourth-order valence-electron chi connectivity index (χ4n) is 1.86. The van der Waals surface area contributed by atoms with E-state index in [1.807, 2.05) is 0 Å². The van der Waals surface area contributed by atoms with Gasteiger partial charge in [0.05, 0.1) is 11.2 Å². The zero-order chi connectivity index (χ0) is 12.4. The lowest BCUT2D eigenvalue weighted by Gasteiger charge is -2.32. The minimum Gasteiger partial charge on any atom is -0.400 e. The molecule has 0 aromatic carbocycles. The second-order valence-corrected chi connectivity index (χ2v) is 5.53. The zero-order valence-electron chi connectivity index (χ0n) is 11.6. The van der Waals surface area contributed by atoms with Gasteiger partial charge in [-0.1, -0.05) is 26.3 Å². The summed E-state index contributed by atoms with van der Waals surface area (Å²) in [5.74, 6) is 0. The van der Waals surface area contributed by atoms with Crippen molar-refractivity contribution < 1.29 is 9.31 Å². The van der Waals surface area contributed by atoms with Crippen molar-refractivity contribution in [2.75, 3.05) is 0 Å². The molecule has 0 aromatic heterocycles. The van der Waals surface area contributed by atoms with E-state index in [4.69, 9.17) is 9.31 Å². The van der Waals surface area contributed by atoms with E-state index in [2.05, 4.69) is 47.6 Å². The van der Waals surface area contributed by atoms with Crippen molar-refractivity contribution in [1.82, 2.24) is 0 Å². The normalized spacial score (nSPS) is 23.9. The molecule has 1 heterocycles. The Hall–Kier alpha value is -0.275. The lowest BCUT2D eigenvalue weighted by atomic mass is 9.75. The van der Waals surface area contributed by atoms with E-state index < -0.39 is 0 Å². The molecular formula is C13H25BO2. The van der Waals surface area contributed by atoms with Gasteiger partial charge in [-0.15, -0.1) is 0 Å². The molecule has 0 radical (unpaired) electrons. The van der Waals surface area contributed by atoms with Gasteiger partial charge in [-0.2, -0.15) is 0 Å². The first kappa shape index (κ1) is 13.8. The van der Waals surface area contributed by atoms with Gasteiger partial charge in [0.25, 0.3) is 0 Å². The minimum atomic E-state index is -0.224. The van der Waals surface area contributed by atoms with Crippen LogP contribution in [0.2, 0.25) is 0 Å². The molecule has 0 bridgehead atoms. The molecule has 0 saturated carbocycles. The van der Waals surface area contributed by atoms with Crippen LogP contribution in [-0.4, -0.2) is 18.3 Å². The second-order valence-electron chi connectivity index (χ2n) is 5.53. The highest BCUT2D eigenvalue weighted by Gasteiger charge is 2.51. The van der Waals surface area contributed by atoms with E-state index in [-0.39, 0.29) is 18.3 Å². The maximum absolute atomic E-state index is 6.04. The van der Waals surface area contributed by atoms with E-state index in [0.29, 0.717) is 0 Å². The van der Waals surface area contributed by atoms with Gasteiger partial charge in [-0.3, -0.25) is 0 Å². The van der Waals surface area contributed by atoms with Crippen LogP contribution in [0.15, 0.2) is 11.5 Å². The highest BCUT2D eigenvalue weighted by Crippen LogP contribution is 2.39. The summed E-state index contributed by atoms with van der Waals surface area (Å²) in [6.07, 6.45) is 5.48. The molecule has 1 rings (SSSR count). The highest BCUT2D eigenvalue weighted by molar-refractivity contribution is 6.54. The molecule has 0 spiro atoms. The average molecular weight is 224 g/mol. The third-order valence-corrected chi connectivity index (χ3v) is 3.56. The Labute approximate surface area is 101 Å². The van der Waals surface area contributed by atoms with Crippen molar-refractivity contribution in [2.24, 2.45) is 0 Å². The molecule has 0 atom stereocenters. The van der Waals surface area contributed by atoms with Crippen LogP contribution in [0.3, 0.4) is 0 Å². The predicted octanol–water partition coefficient (Wildman–Crippen LogP) is 3.75. The predicted molar refractivity (Wildman–Crippen MR) is 69.4 cm³/mol. The molecular weight excluding hydrogens is 199 g/mol. The van der Waals surface area contributed by atoms with Crippen molar-refractivity contribution in [3.8, 4) is 0 Å². The van der Waals surface area contributed by atoms with Crippen LogP contribution in [0, 0.1) is 0 Å². The molecule has 1 aliphatic heterocycles. The summed E-state index contributed by atoms with van der Waals surface area (Å²) in [5, 5.41) is 0. The van der Waals surface area contributed by atoms with Gasteiger partial charge in [0.15, 0.2) is 0 Å². The quantitative estimate of drug-likeness (QED) is 0.677. The maximum Gasteiger partial charge on any atom is 0.490 e. The van der Waals surface area contributed by atoms with E-state index >= 15 is 0 Å². The van der Waals surface area contributed by atoms with Crippen LogP contribution in [0.4, 0.5) is 0 Å². The van der Waals surface area contributed by atoms with Gasteiger partial charge in [0, 0.05) is 0 Å². The van der Waals surface area contributed by atoms with E-state index in [9.17, 15) is 0 Å². The van der Waals surface area contributed by atoms with Crippen LogP contribution in [0.1, 0.15) is 60.8 Å². The van der Waals surface area contributed by atoms with Gasteiger partial charge in [0.2, 0.25) is 0 Å². The summed E-state index contributed by atoms with van der Waals surface area (Å²) >= 11 is 0. The molecule has 0 amide bonds. The monoisotopic (exact) mass is 224 g/mol. The Morgan fingerprint density at radius 2 is 1.56 bits per heavy atom. The summed E-state index contributed by atoms with van der Waals surface area (Å²) in [5.41, 5.74) is 0.847. The Balaban J connectivity index is 2.80. The Morgan fingerprint density at radius 3 is 1.94 bits per heavy atom. The standard InChI is InChI=1S/C13H25BO2/c1-7-9-11(10-8-2)14-15-12(3,4)13(5,6)16-14/h9H,7-8,10H2,1-6H3/b11-9+. The molecule has 1 fully saturated rings. The lowest BCUT2D eigenvalue weighted by molar-refractivity contribution is 0.00578. The highest BCUT2D eigenvalue weighted by atomic mass is 16.7. The van der Waals surface area contributed by atoms with Crippen LogP contribution >= 0.6 is 0 Å². The lowest BCUT2D eigenvalue weighted by Crippen LogP contribution is -2.41. The molecule has 92 valence electrons. The topological polar surface area (TPSA) is 18.5 Å². The van der Waals surface area contributed by atoms with Crippen LogP contribution in [0.5, 0.6) is 0 Å². The first-order valence-electron chi connectivity index (χ1n) is 6.38. The summed E-state index contributed by atoms with van der Waals surface area (Å²) in [4.78, 5) is 0. The average Bonchev–Trinajstić information content (AvgIpc) is 2.36.